The Balaban J connectivity index is 1.42. The molecule has 0 aromatic carbocycles. The van der Waals surface area contributed by atoms with Gasteiger partial charge in [-0.15, -0.1) is 11.8 Å². The summed E-state index contributed by atoms with van der Waals surface area (Å²) in [4.78, 5) is 40.6. The highest BCUT2D eigenvalue weighted by Crippen LogP contribution is 2.47. The molecule has 4 rings (SSSR count). The molecule has 152 valence electrons. The van der Waals surface area contributed by atoms with E-state index < -0.39 is 0 Å². The number of anilines is 1. The van der Waals surface area contributed by atoms with Gasteiger partial charge in [0.1, 0.15) is 17.7 Å². The van der Waals surface area contributed by atoms with Gasteiger partial charge in [-0.1, -0.05) is 13.8 Å². The maximum atomic E-state index is 13.1. The Morgan fingerprint density at radius 2 is 1.96 bits per heavy atom. The van der Waals surface area contributed by atoms with Crippen LogP contribution in [0.5, 0.6) is 0 Å². The second-order valence-corrected chi connectivity index (χ2v) is 9.96. The van der Waals surface area contributed by atoms with Gasteiger partial charge in [0, 0.05) is 56.0 Å². The molecule has 4 heterocycles. The average molecular weight is 404 g/mol. The van der Waals surface area contributed by atoms with Gasteiger partial charge in [0.15, 0.2) is 0 Å². The molecule has 3 aliphatic rings. The summed E-state index contributed by atoms with van der Waals surface area (Å²) in [6, 6.07) is 1.72. The van der Waals surface area contributed by atoms with Gasteiger partial charge in [0.05, 0.1) is 4.87 Å². The number of aromatic nitrogens is 2. The highest BCUT2D eigenvalue weighted by atomic mass is 32.2. The first-order chi connectivity index (χ1) is 13.3. The molecule has 7 nitrogen and oxygen atoms in total. The van der Waals surface area contributed by atoms with E-state index in [1.54, 1.807) is 11.8 Å². The molecule has 0 aliphatic carbocycles. The summed E-state index contributed by atoms with van der Waals surface area (Å²) in [5.41, 5.74) is 0.974. The van der Waals surface area contributed by atoms with E-state index in [0.29, 0.717) is 25.3 Å². The number of aryl methyl sites for hydroxylation is 1. The molecule has 1 aromatic rings. The predicted octanol–water partition coefficient (Wildman–Crippen LogP) is 2.01. The molecule has 2 amide bonds. The number of piperazine rings is 1. The van der Waals surface area contributed by atoms with E-state index in [0.717, 1.165) is 36.8 Å². The van der Waals surface area contributed by atoms with Crippen LogP contribution in [0.4, 0.5) is 5.82 Å². The van der Waals surface area contributed by atoms with Crippen LogP contribution in [0.2, 0.25) is 0 Å². The number of fused-ring (bicyclic) bond motifs is 1. The Hall–Kier alpha value is -1.83. The van der Waals surface area contributed by atoms with E-state index in [2.05, 4.69) is 30.7 Å². The van der Waals surface area contributed by atoms with E-state index in [-0.39, 0.29) is 28.6 Å². The molecule has 0 radical (unpaired) electrons. The Labute approximate surface area is 170 Å². The summed E-state index contributed by atoms with van der Waals surface area (Å²) in [6.07, 6.45) is 1.41. The van der Waals surface area contributed by atoms with Crippen molar-refractivity contribution in [1.29, 1.82) is 0 Å². The topological polar surface area (TPSA) is 69.6 Å². The van der Waals surface area contributed by atoms with Gasteiger partial charge < -0.3 is 14.7 Å². The number of rotatable bonds is 3. The van der Waals surface area contributed by atoms with Gasteiger partial charge in [-0.2, -0.15) is 0 Å². The van der Waals surface area contributed by atoms with Gasteiger partial charge in [-0.05, 0) is 20.3 Å². The Bertz CT molecular complexity index is 793. The third-order valence-electron chi connectivity index (χ3n) is 6.02. The quantitative estimate of drug-likeness (QED) is 0.769. The van der Waals surface area contributed by atoms with Crippen molar-refractivity contribution < 1.29 is 9.59 Å². The fourth-order valence-corrected chi connectivity index (χ4v) is 5.79. The van der Waals surface area contributed by atoms with Crippen molar-refractivity contribution in [2.75, 3.05) is 36.8 Å². The van der Waals surface area contributed by atoms with Gasteiger partial charge in [-0.25, -0.2) is 9.97 Å². The maximum Gasteiger partial charge on any atom is 0.246 e. The molecular formula is C20H29N5O2S. The summed E-state index contributed by atoms with van der Waals surface area (Å²) in [5, 5.41) is 0. The molecule has 0 N–H and O–H groups in total. The van der Waals surface area contributed by atoms with E-state index in [1.165, 1.54) is 0 Å². The first kappa shape index (κ1) is 19.5. The zero-order valence-electron chi connectivity index (χ0n) is 17.1. The molecule has 0 bridgehead atoms. The Morgan fingerprint density at radius 3 is 2.64 bits per heavy atom. The standard InChI is InChI=1S/C20H29N5O2S/c1-13(2)18-21-14(3)11-16(22-18)23-7-9-24(10-8-23)19(27)15-12-28-20(4)6-5-17(26)25(15)20/h11,13,15H,5-10,12H2,1-4H3/t15-,20-/m0/s1. The van der Waals surface area contributed by atoms with Crippen molar-refractivity contribution >= 4 is 29.4 Å². The minimum absolute atomic E-state index is 0.105. The number of thioether (sulfide) groups is 1. The lowest BCUT2D eigenvalue weighted by molar-refractivity contribution is -0.143. The molecule has 1 aromatic heterocycles. The molecule has 2 atom stereocenters. The SMILES string of the molecule is Cc1cc(N2CCN(C(=O)[C@@H]3CS[C@@]4(C)CCC(=O)N34)CC2)nc(C(C)C)n1. The molecule has 0 saturated carbocycles. The Morgan fingerprint density at radius 1 is 1.25 bits per heavy atom. The normalized spacial score (nSPS) is 27.7. The fraction of sp³-hybridized carbons (Fsp3) is 0.700. The fourth-order valence-electron chi connectivity index (χ4n) is 4.36. The van der Waals surface area contributed by atoms with Gasteiger partial charge in [-0.3, -0.25) is 9.59 Å². The van der Waals surface area contributed by atoms with Crippen LogP contribution in [0.25, 0.3) is 0 Å². The largest absolute Gasteiger partial charge is 0.353 e. The highest BCUT2D eigenvalue weighted by Gasteiger charge is 2.53. The van der Waals surface area contributed by atoms with Crippen LogP contribution in [0.1, 0.15) is 51.0 Å². The summed E-state index contributed by atoms with van der Waals surface area (Å²) < 4.78 is 0. The van der Waals surface area contributed by atoms with Gasteiger partial charge >= 0.3 is 0 Å². The summed E-state index contributed by atoms with van der Waals surface area (Å²) in [6.45, 7) is 11.1. The van der Waals surface area contributed by atoms with Crippen LogP contribution in [0, 0.1) is 6.92 Å². The van der Waals surface area contributed by atoms with Crippen molar-refractivity contribution in [3.8, 4) is 0 Å². The van der Waals surface area contributed by atoms with E-state index in [1.807, 2.05) is 22.8 Å². The van der Waals surface area contributed by atoms with Crippen LogP contribution in [0.3, 0.4) is 0 Å². The van der Waals surface area contributed by atoms with E-state index in [9.17, 15) is 9.59 Å². The van der Waals surface area contributed by atoms with E-state index in [4.69, 9.17) is 4.98 Å². The molecule has 0 spiro atoms. The second kappa shape index (κ2) is 7.21. The number of nitrogens with zero attached hydrogens (tertiary/aromatic N) is 5. The summed E-state index contributed by atoms with van der Waals surface area (Å²) in [7, 11) is 0. The van der Waals surface area contributed by atoms with Crippen molar-refractivity contribution in [1.82, 2.24) is 19.8 Å². The molecule has 3 saturated heterocycles. The number of carbonyl (C=O) groups excluding carboxylic acids is 2. The smallest absolute Gasteiger partial charge is 0.246 e. The number of hydrogen-bond acceptors (Lipinski definition) is 6. The first-order valence-corrected chi connectivity index (χ1v) is 11.1. The Kier molecular flexibility index (Phi) is 5.02. The second-order valence-electron chi connectivity index (χ2n) is 8.46. The lowest BCUT2D eigenvalue weighted by atomic mass is 10.2. The number of carbonyl (C=O) groups is 2. The minimum Gasteiger partial charge on any atom is -0.353 e. The lowest BCUT2D eigenvalue weighted by Crippen LogP contribution is -2.56. The van der Waals surface area contributed by atoms with Crippen LogP contribution in [0.15, 0.2) is 6.07 Å². The number of hydrogen-bond donors (Lipinski definition) is 0. The minimum atomic E-state index is -0.301. The lowest BCUT2D eigenvalue weighted by Gasteiger charge is -2.38. The molecule has 28 heavy (non-hydrogen) atoms. The summed E-state index contributed by atoms with van der Waals surface area (Å²) >= 11 is 1.75. The molecule has 8 heteroatoms. The number of amides is 2. The maximum absolute atomic E-state index is 13.1. The molecule has 0 unspecified atom stereocenters. The highest BCUT2D eigenvalue weighted by molar-refractivity contribution is 8.01. The predicted molar refractivity (Wildman–Crippen MR) is 110 cm³/mol. The van der Waals surface area contributed by atoms with Crippen LogP contribution in [-0.2, 0) is 9.59 Å². The first-order valence-electron chi connectivity index (χ1n) is 10.1. The van der Waals surface area contributed by atoms with Crippen molar-refractivity contribution in [3.05, 3.63) is 17.6 Å². The third-order valence-corrected chi connectivity index (χ3v) is 7.52. The van der Waals surface area contributed by atoms with Crippen molar-refractivity contribution in [3.63, 3.8) is 0 Å². The molecular weight excluding hydrogens is 374 g/mol. The van der Waals surface area contributed by atoms with Crippen LogP contribution < -0.4 is 4.90 Å². The van der Waals surface area contributed by atoms with Crippen LogP contribution >= 0.6 is 11.8 Å². The third kappa shape index (κ3) is 3.36. The molecule has 3 fully saturated rings. The summed E-state index contributed by atoms with van der Waals surface area (Å²) in [5.74, 6) is 3.04. The van der Waals surface area contributed by atoms with Crippen molar-refractivity contribution in [2.45, 2.75) is 57.4 Å². The average Bonchev–Trinajstić information content (AvgIpc) is 3.17. The van der Waals surface area contributed by atoms with Gasteiger partial charge in [0.2, 0.25) is 11.8 Å². The monoisotopic (exact) mass is 403 g/mol. The van der Waals surface area contributed by atoms with Crippen molar-refractivity contribution in [2.24, 2.45) is 0 Å². The van der Waals surface area contributed by atoms with E-state index >= 15 is 0 Å². The van der Waals surface area contributed by atoms with Gasteiger partial charge in [0.25, 0.3) is 0 Å². The zero-order chi connectivity index (χ0) is 20.1. The molecule has 3 aliphatic heterocycles. The zero-order valence-corrected chi connectivity index (χ0v) is 18.0. The van der Waals surface area contributed by atoms with Crippen LogP contribution in [-0.4, -0.2) is 74.4 Å².